The molecular weight excluding hydrogens is 348 g/mol. The highest BCUT2D eigenvalue weighted by Gasteiger charge is 2.10. The highest BCUT2D eigenvalue weighted by atomic mass is 32.2. The van der Waals surface area contributed by atoms with Crippen LogP contribution in [0.15, 0.2) is 58.4 Å². The molecule has 0 aliphatic carbocycles. The maximum atomic E-state index is 11.7. The van der Waals surface area contributed by atoms with E-state index in [1.54, 1.807) is 24.3 Å². The van der Waals surface area contributed by atoms with Crippen molar-refractivity contribution in [2.75, 3.05) is 12.4 Å². The van der Waals surface area contributed by atoms with E-state index in [-0.39, 0.29) is 4.90 Å². The Morgan fingerprint density at radius 1 is 1.12 bits per heavy atom. The third-order valence-electron chi connectivity index (χ3n) is 4.30. The zero-order valence-corrected chi connectivity index (χ0v) is 16.2. The van der Waals surface area contributed by atoms with E-state index in [1.807, 2.05) is 12.1 Å². The average molecular weight is 375 g/mol. The fourth-order valence-corrected chi connectivity index (χ4v) is 3.12. The Kier molecular flexibility index (Phi) is 6.76. The fourth-order valence-electron chi connectivity index (χ4n) is 2.39. The van der Waals surface area contributed by atoms with Crippen LogP contribution in [0.4, 0.5) is 5.69 Å². The minimum Gasteiger partial charge on any atom is -0.370 e. The molecule has 0 aliphatic rings. The van der Waals surface area contributed by atoms with Crippen LogP contribution in [0.5, 0.6) is 0 Å². The first-order valence-corrected chi connectivity index (χ1v) is 10.0. The van der Waals surface area contributed by atoms with Crippen molar-refractivity contribution in [3.63, 3.8) is 0 Å². The van der Waals surface area contributed by atoms with Gasteiger partial charge in [0.1, 0.15) is 0 Å². The maximum absolute atomic E-state index is 11.7. The lowest BCUT2D eigenvalue weighted by molar-refractivity contribution is 0.588. The van der Waals surface area contributed by atoms with Gasteiger partial charge in [-0.1, -0.05) is 38.1 Å². The molecule has 1 unspecified atom stereocenters. The first-order valence-electron chi connectivity index (χ1n) is 8.55. The molecule has 0 aliphatic heterocycles. The molecule has 1 atom stereocenters. The lowest BCUT2D eigenvalue weighted by Crippen LogP contribution is -2.22. The second kappa shape index (κ2) is 8.82. The molecule has 2 aromatic rings. The van der Waals surface area contributed by atoms with Gasteiger partial charge >= 0.3 is 0 Å². The van der Waals surface area contributed by atoms with Crippen molar-refractivity contribution in [2.45, 2.75) is 37.6 Å². The second-order valence-corrected chi connectivity index (χ2v) is 8.00. The molecular formula is C19H26N4O2S. The van der Waals surface area contributed by atoms with Gasteiger partial charge in [0.25, 0.3) is 0 Å². The minimum atomic E-state index is -3.42. The third-order valence-corrected chi connectivity index (χ3v) is 5.73. The largest absolute Gasteiger partial charge is 0.370 e. The lowest BCUT2D eigenvalue weighted by Gasteiger charge is -2.11. The molecule has 0 heterocycles. The van der Waals surface area contributed by atoms with E-state index in [2.05, 4.69) is 41.0 Å². The number of nitrogens with one attached hydrogen (secondary N) is 2. The van der Waals surface area contributed by atoms with Crippen LogP contribution in [0.2, 0.25) is 0 Å². The summed E-state index contributed by atoms with van der Waals surface area (Å²) >= 11 is 0. The van der Waals surface area contributed by atoms with Crippen LogP contribution in [-0.2, 0) is 16.6 Å². The number of rotatable bonds is 7. The quantitative estimate of drug-likeness (QED) is 0.513. The van der Waals surface area contributed by atoms with E-state index in [0.717, 1.165) is 17.7 Å². The van der Waals surface area contributed by atoms with E-state index in [4.69, 9.17) is 5.73 Å². The van der Waals surface area contributed by atoms with Gasteiger partial charge in [0.2, 0.25) is 10.0 Å². The summed E-state index contributed by atoms with van der Waals surface area (Å²) in [6.45, 7) is 4.73. The number of benzene rings is 2. The highest BCUT2D eigenvalue weighted by molar-refractivity contribution is 7.89. The van der Waals surface area contributed by atoms with Crippen molar-refractivity contribution < 1.29 is 8.42 Å². The summed E-state index contributed by atoms with van der Waals surface area (Å²) in [4.78, 5) is 4.52. The molecule has 0 saturated carbocycles. The Hall–Kier alpha value is -2.38. The predicted octanol–water partition coefficient (Wildman–Crippen LogP) is 3.04. The van der Waals surface area contributed by atoms with Crippen LogP contribution in [0.25, 0.3) is 0 Å². The first-order chi connectivity index (χ1) is 12.4. The van der Waals surface area contributed by atoms with Gasteiger partial charge in [0, 0.05) is 5.69 Å². The smallest absolute Gasteiger partial charge is 0.240 e. The minimum absolute atomic E-state index is 0.222. The molecule has 140 valence electrons. The van der Waals surface area contributed by atoms with Crippen LogP contribution in [0.1, 0.15) is 37.3 Å². The molecule has 0 aromatic heterocycles. The molecule has 6 nitrogen and oxygen atoms in total. The highest BCUT2D eigenvalue weighted by Crippen LogP contribution is 2.20. The Morgan fingerprint density at radius 2 is 1.73 bits per heavy atom. The van der Waals surface area contributed by atoms with Gasteiger partial charge in [-0.05, 0) is 54.8 Å². The monoisotopic (exact) mass is 374 g/mol. The van der Waals surface area contributed by atoms with E-state index in [9.17, 15) is 8.42 Å². The van der Waals surface area contributed by atoms with Crippen molar-refractivity contribution in [3.05, 3.63) is 59.7 Å². The first kappa shape index (κ1) is 19.9. The van der Waals surface area contributed by atoms with Crippen LogP contribution in [-0.4, -0.2) is 21.4 Å². The Bertz CT molecular complexity index is 844. The van der Waals surface area contributed by atoms with Crippen molar-refractivity contribution in [3.8, 4) is 0 Å². The number of nitrogens with two attached hydrogens (primary N) is 1. The number of guanidine groups is 1. The number of hydrogen-bond acceptors (Lipinski definition) is 3. The van der Waals surface area contributed by atoms with E-state index < -0.39 is 10.0 Å². The summed E-state index contributed by atoms with van der Waals surface area (Å²) in [6.07, 6.45) is 1.10. The van der Waals surface area contributed by atoms with Gasteiger partial charge < -0.3 is 11.1 Å². The second-order valence-electron chi connectivity index (χ2n) is 6.11. The predicted molar refractivity (Wildman–Crippen MR) is 107 cm³/mol. The fraction of sp³-hybridized carbons (Fsp3) is 0.316. The third kappa shape index (κ3) is 5.31. The topological polar surface area (TPSA) is 96.6 Å². The normalized spacial score (nSPS) is 13.4. The number of nitrogens with zero attached hydrogens (tertiary/aromatic N) is 1. The van der Waals surface area contributed by atoms with Gasteiger partial charge in [0.15, 0.2) is 5.96 Å². The van der Waals surface area contributed by atoms with Gasteiger partial charge in [-0.2, -0.15) is 0 Å². The van der Waals surface area contributed by atoms with Crippen LogP contribution in [0, 0.1) is 0 Å². The van der Waals surface area contributed by atoms with Gasteiger partial charge in [-0.15, -0.1) is 0 Å². The average Bonchev–Trinajstić information content (AvgIpc) is 2.66. The molecule has 2 aromatic carbocycles. The van der Waals surface area contributed by atoms with E-state index in [1.165, 1.54) is 12.6 Å². The molecule has 2 rings (SSSR count). The standard InChI is InChI=1S/C19H26N4O2S/c1-4-14(2)16-7-9-17(10-8-16)23-19(20)22-13-15-5-11-18(12-6-15)26(24,25)21-3/h5-12,14,21H,4,13H2,1-3H3,(H3,20,22,23). The van der Waals surface area contributed by atoms with Crippen molar-refractivity contribution in [2.24, 2.45) is 10.7 Å². The molecule has 4 N–H and O–H groups in total. The molecule has 0 saturated heterocycles. The number of anilines is 1. The Labute approximate surface area is 155 Å². The van der Waals surface area contributed by atoms with Crippen molar-refractivity contribution in [1.82, 2.24) is 4.72 Å². The van der Waals surface area contributed by atoms with E-state index >= 15 is 0 Å². The summed E-state index contributed by atoms with van der Waals surface area (Å²) in [6, 6.07) is 14.7. The summed E-state index contributed by atoms with van der Waals surface area (Å²) in [5.41, 5.74) is 8.98. The van der Waals surface area contributed by atoms with Gasteiger partial charge in [-0.25, -0.2) is 18.1 Å². The summed E-state index contributed by atoms with van der Waals surface area (Å²) in [5, 5.41) is 3.06. The van der Waals surface area contributed by atoms with E-state index in [0.29, 0.717) is 18.4 Å². The SMILES string of the molecule is CCC(C)c1ccc(NC(N)=NCc2ccc(S(=O)(=O)NC)cc2)cc1. The van der Waals surface area contributed by atoms with Crippen LogP contribution < -0.4 is 15.8 Å². The molecule has 0 amide bonds. The van der Waals surface area contributed by atoms with Crippen LogP contribution in [0.3, 0.4) is 0 Å². The Balaban J connectivity index is 1.98. The lowest BCUT2D eigenvalue weighted by atomic mass is 9.99. The van der Waals surface area contributed by atoms with Gasteiger partial charge in [0.05, 0.1) is 11.4 Å². The molecule has 0 radical (unpaired) electrons. The zero-order valence-electron chi connectivity index (χ0n) is 15.4. The number of sulfonamides is 1. The Morgan fingerprint density at radius 3 is 2.27 bits per heavy atom. The summed E-state index contributed by atoms with van der Waals surface area (Å²) in [7, 11) is -2.04. The molecule has 0 spiro atoms. The summed E-state index contributed by atoms with van der Waals surface area (Å²) in [5.74, 6) is 0.845. The van der Waals surface area contributed by atoms with Crippen LogP contribution >= 0.6 is 0 Å². The number of hydrogen-bond donors (Lipinski definition) is 3. The van der Waals surface area contributed by atoms with Crippen molar-refractivity contribution >= 4 is 21.7 Å². The maximum Gasteiger partial charge on any atom is 0.240 e. The molecule has 0 fully saturated rings. The summed E-state index contributed by atoms with van der Waals surface area (Å²) < 4.78 is 25.7. The number of aliphatic imine (C=N–C) groups is 1. The molecule has 7 heteroatoms. The molecule has 26 heavy (non-hydrogen) atoms. The molecule has 0 bridgehead atoms. The zero-order chi connectivity index (χ0) is 19.2. The van der Waals surface area contributed by atoms with Crippen molar-refractivity contribution in [1.29, 1.82) is 0 Å². The van der Waals surface area contributed by atoms with Gasteiger partial charge in [-0.3, -0.25) is 0 Å².